The number of benzene rings is 2. The van der Waals surface area contributed by atoms with Crippen molar-refractivity contribution in [2.24, 2.45) is 11.7 Å². The molecule has 0 radical (unpaired) electrons. The van der Waals surface area contributed by atoms with Crippen molar-refractivity contribution >= 4 is 5.91 Å². The van der Waals surface area contributed by atoms with Crippen LogP contribution in [0.4, 0.5) is 0 Å². The molecule has 0 aromatic heterocycles. The standard InChI is InChI=1S/C20H26N2O/c1-16(2)13-19(20(21)23)22(14-17-9-5-3-6-10-17)15-18-11-7-4-8-12-18/h3-12,16,19H,13-15H2,1-2H3,(H2,21,23). The average Bonchev–Trinajstić information content (AvgIpc) is 2.53. The number of hydrogen-bond acceptors (Lipinski definition) is 2. The van der Waals surface area contributed by atoms with Crippen molar-refractivity contribution < 1.29 is 4.79 Å². The van der Waals surface area contributed by atoms with E-state index < -0.39 is 0 Å². The summed E-state index contributed by atoms with van der Waals surface area (Å²) in [5.74, 6) is 0.173. The van der Waals surface area contributed by atoms with Crippen LogP contribution in [0, 0.1) is 5.92 Å². The Labute approximate surface area is 139 Å². The third-order valence-electron chi connectivity index (χ3n) is 3.92. The molecule has 2 aromatic carbocycles. The van der Waals surface area contributed by atoms with E-state index in [0.717, 1.165) is 19.5 Å². The lowest BCUT2D eigenvalue weighted by Gasteiger charge is -2.31. The van der Waals surface area contributed by atoms with Crippen LogP contribution in [0.2, 0.25) is 0 Å². The maximum absolute atomic E-state index is 12.0. The maximum Gasteiger partial charge on any atom is 0.234 e. The van der Waals surface area contributed by atoms with Crippen molar-refractivity contribution in [3.63, 3.8) is 0 Å². The molecule has 0 saturated heterocycles. The molecule has 1 atom stereocenters. The molecule has 0 aliphatic rings. The minimum atomic E-state index is -0.254. The monoisotopic (exact) mass is 310 g/mol. The first kappa shape index (κ1) is 17.2. The summed E-state index contributed by atoms with van der Waals surface area (Å²) in [6.07, 6.45) is 0.773. The van der Waals surface area contributed by atoms with Crippen molar-refractivity contribution in [1.29, 1.82) is 0 Å². The van der Waals surface area contributed by atoms with Gasteiger partial charge in [0.25, 0.3) is 0 Å². The Kier molecular flexibility index (Phi) is 6.36. The molecule has 122 valence electrons. The van der Waals surface area contributed by atoms with Crippen LogP contribution in [-0.4, -0.2) is 16.8 Å². The molecule has 2 rings (SSSR count). The van der Waals surface area contributed by atoms with Crippen LogP contribution in [0.15, 0.2) is 60.7 Å². The number of hydrogen-bond donors (Lipinski definition) is 1. The van der Waals surface area contributed by atoms with Gasteiger partial charge in [-0.15, -0.1) is 0 Å². The van der Waals surface area contributed by atoms with Crippen molar-refractivity contribution in [2.45, 2.75) is 39.4 Å². The number of rotatable bonds is 8. The van der Waals surface area contributed by atoms with Gasteiger partial charge in [-0.25, -0.2) is 0 Å². The molecule has 0 aliphatic carbocycles. The highest BCUT2D eigenvalue weighted by atomic mass is 16.1. The molecule has 0 spiro atoms. The quantitative estimate of drug-likeness (QED) is 0.810. The lowest BCUT2D eigenvalue weighted by molar-refractivity contribution is -0.124. The van der Waals surface area contributed by atoms with E-state index in [2.05, 4.69) is 43.0 Å². The highest BCUT2D eigenvalue weighted by Gasteiger charge is 2.25. The topological polar surface area (TPSA) is 46.3 Å². The van der Waals surface area contributed by atoms with Gasteiger partial charge in [-0.05, 0) is 23.5 Å². The minimum Gasteiger partial charge on any atom is -0.368 e. The van der Waals surface area contributed by atoms with E-state index in [0.29, 0.717) is 5.92 Å². The fourth-order valence-corrected chi connectivity index (χ4v) is 2.80. The number of nitrogens with zero attached hydrogens (tertiary/aromatic N) is 1. The summed E-state index contributed by atoms with van der Waals surface area (Å²) in [7, 11) is 0. The molecule has 23 heavy (non-hydrogen) atoms. The van der Waals surface area contributed by atoms with Gasteiger partial charge in [-0.1, -0.05) is 74.5 Å². The van der Waals surface area contributed by atoms with Gasteiger partial charge in [0.2, 0.25) is 5.91 Å². The first-order valence-electron chi connectivity index (χ1n) is 8.17. The van der Waals surface area contributed by atoms with E-state index in [1.807, 2.05) is 36.4 Å². The predicted octanol–water partition coefficient (Wildman–Crippen LogP) is 3.59. The summed E-state index contributed by atoms with van der Waals surface area (Å²) in [6.45, 7) is 5.68. The van der Waals surface area contributed by atoms with E-state index in [-0.39, 0.29) is 11.9 Å². The molecule has 3 nitrogen and oxygen atoms in total. The van der Waals surface area contributed by atoms with Gasteiger partial charge in [0.05, 0.1) is 6.04 Å². The van der Waals surface area contributed by atoms with Crippen molar-refractivity contribution in [3.05, 3.63) is 71.8 Å². The molecule has 0 fully saturated rings. The second-order valence-corrected chi connectivity index (χ2v) is 6.42. The third kappa shape index (κ3) is 5.53. The van der Waals surface area contributed by atoms with Gasteiger partial charge in [-0.2, -0.15) is 0 Å². The maximum atomic E-state index is 12.0. The smallest absolute Gasteiger partial charge is 0.234 e. The average molecular weight is 310 g/mol. The van der Waals surface area contributed by atoms with E-state index in [1.165, 1.54) is 11.1 Å². The van der Waals surface area contributed by atoms with Gasteiger partial charge >= 0.3 is 0 Å². The fourth-order valence-electron chi connectivity index (χ4n) is 2.80. The molecule has 0 bridgehead atoms. The summed E-state index contributed by atoms with van der Waals surface area (Å²) in [5.41, 5.74) is 8.10. The summed E-state index contributed by atoms with van der Waals surface area (Å²) >= 11 is 0. The highest BCUT2D eigenvalue weighted by Crippen LogP contribution is 2.18. The van der Waals surface area contributed by atoms with E-state index in [9.17, 15) is 4.79 Å². The SMILES string of the molecule is CC(C)CC(C(N)=O)N(Cc1ccccc1)Cc1ccccc1. The number of carbonyl (C=O) groups excluding carboxylic acids is 1. The highest BCUT2D eigenvalue weighted by molar-refractivity contribution is 5.79. The second kappa shape index (κ2) is 8.49. The van der Waals surface area contributed by atoms with Crippen LogP contribution in [-0.2, 0) is 17.9 Å². The van der Waals surface area contributed by atoms with E-state index in [4.69, 9.17) is 5.73 Å². The molecular formula is C20H26N2O. The molecular weight excluding hydrogens is 284 g/mol. The molecule has 0 heterocycles. The largest absolute Gasteiger partial charge is 0.368 e. The van der Waals surface area contributed by atoms with Crippen LogP contribution in [0.5, 0.6) is 0 Å². The van der Waals surface area contributed by atoms with Crippen molar-refractivity contribution in [1.82, 2.24) is 4.90 Å². The Balaban J connectivity index is 2.23. The second-order valence-electron chi connectivity index (χ2n) is 6.42. The molecule has 1 amide bonds. The van der Waals surface area contributed by atoms with Crippen molar-refractivity contribution in [2.75, 3.05) is 0 Å². The van der Waals surface area contributed by atoms with Crippen LogP contribution in [0.25, 0.3) is 0 Å². The summed E-state index contributed by atoms with van der Waals surface area (Å²) in [4.78, 5) is 14.2. The molecule has 1 unspecified atom stereocenters. The Hall–Kier alpha value is -2.13. The van der Waals surface area contributed by atoms with Crippen LogP contribution < -0.4 is 5.73 Å². The molecule has 2 aromatic rings. The molecule has 0 saturated carbocycles. The number of amides is 1. The Morgan fingerprint density at radius 1 is 0.913 bits per heavy atom. The van der Waals surface area contributed by atoms with Crippen LogP contribution >= 0.6 is 0 Å². The summed E-state index contributed by atoms with van der Waals surface area (Å²) in [5, 5.41) is 0. The van der Waals surface area contributed by atoms with Gasteiger partial charge in [0.1, 0.15) is 0 Å². The molecule has 2 N–H and O–H groups in total. The molecule has 3 heteroatoms. The minimum absolute atomic E-state index is 0.245. The zero-order chi connectivity index (χ0) is 16.7. The van der Waals surface area contributed by atoms with Crippen LogP contribution in [0.1, 0.15) is 31.4 Å². The third-order valence-corrected chi connectivity index (χ3v) is 3.92. The number of nitrogens with two attached hydrogens (primary N) is 1. The van der Waals surface area contributed by atoms with Crippen LogP contribution in [0.3, 0.4) is 0 Å². The van der Waals surface area contributed by atoms with Gasteiger partial charge in [-0.3, -0.25) is 9.69 Å². The van der Waals surface area contributed by atoms with E-state index >= 15 is 0 Å². The molecule has 0 aliphatic heterocycles. The van der Waals surface area contributed by atoms with Crippen molar-refractivity contribution in [3.8, 4) is 0 Å². The van der Waals surface area contributed by atoms with Gasteiger partial charge < -0.3 is 5.73 Å². The number of primary amides is 1. The first-order valence-corrected chi connectivity index (χ1v) is 8.17. The van der Waals surface area contributed by atoms with Gasteiger partial charge in [0, 0.05) is 13.1 Å². The predicted molar refractivity (Wildman–Crippen MR) is 94.6 cm³/mol. The fraction of sp³-hybridized carbons (Fsp3) is 0.350. The first-order chi connectivity index (χ1) is 11.1. The lowest BCUT2D eigenvalue weighted by Crippen LogP contribution is -2.44. The lowest BCUT2D eigenvalue weighted by atomic mass is 10.00. The summed E-state index contributed by atoms with van der Waals surface area (Å²) in [6, 6.07) is 20.2. The Morgan fingerprint density at radius 2 is 1.35 bits per heavy atom. The normalized spacial score (nSPS) is 12.5. The zero-order valence-corrected chi connectivity index (χ0v) is 14.0. The van der Waals surface area contributed by atoms with Gasteiger partial charge in [0.15, 0.2) is 0 Å². The zero-order valence-electron chi connectivity index (χ0n) is 14.0. The Bertz CT molecular complexity index is 554. The summed E-state index contributed by atoms with van der Waals surface area (Å²) < 4.78 is 0. The number of carbonyl (C=O) groups is 1. The van der Waals surface area contributed by atoms with E-state index in [1.54, 1.807) is 0 Å². The Morgan fingerprint density at radius 3 is 1.70 bits per heavy atom.